The van der Waals surface area contributed by atoms with Crippen LogP contribution in [-0.4, -0.2) is 29.3 Å². The van der Waals surface area contributed by atoms with Gasteiger partial charge in [-0.3, -0.25) is 10.1 Å². The number of furan rings is 1. The molecular formula is C23H24N2O5S. The second kappa shape index (κ2) is 10.1. The number of anilines is 1. The first kappa shape index (κ1) is 22.3. The van der Waals surface area contributed by atoms with Crippen LogP contribution in [0.4, 0.5) is 5.69 Å². The van der Waals surface area contributed by atoms with Crippen molar-refractivity contribution in [1.29, 1.82) is 0 Å². The van der Waals surface area contributed by atoms with Gasteiger partial charge in [0.2, 0.25) is 0 Å². The van der Waals surface area contributed by atoms with Crippen molar-refractivity contribution in [3.63, 3.8) is 0 Å². The molecule has 0 unspecified atom stereocenters. The van der Waals surface area contributed by atoms with E-state index in [1.54, 1.807) is 61.7 Å². The number of carbonyl (C=O) groups excluding carboxylic acids is 1. The Bertz CT molecular complexity index is 1080. The number of hydrogen-bond donors (Lipinski definition) is 3. The Labute approximate surface area is 186 Å². The minimum Gasteiger partial charge on any atom is -0.496 e. The molecular weight excluding hydrogens is 416 g/mol. The number of ether oxygens (including phenoxy) is 2. The van der Waals surface area contributed by atoms with E-state index < -0.39 is 0 Å². The molecule has 7 nitrogen and oxygen atoms in total. The van der Waals surface area contributed by atoms with Gasteiger partial charge >= 0.3 is 0 Å². The van der Waals surface area contributed by atoms with Gasteiger partial charge in [-0.15, -0.1) is 0 Å². The number of nitrogens with one attached hydrogen (secondary N) is 2. The summed E-state index contributed by atoms with van der Waals surface area (Å²) in [7, 11) is 1.56. The Morgan fingerprint density at radius 2 is 1.97 bits per heavy atom. The number of amides is 1. The molecule has 1 heterocycles. The van der Waals surface area contributed by atoms with Gasteiger partial charge in [0.15, 0.2) is 5.11 Å². The van der Waals surface area contributed by atoms with Crippen LogP contribution in [0.2, 0.25) is 0 Å². The van der Waals surface area contributed by atoms with Gasteiger partial charge in [0.1, 0.15) is 29.6 Å². The number of carbonyl (C=O) groups is 1. The molecule has 0 spiro atoms. The number of thiocarbonyl (C=S) groups is 1. The van der Waals surface area contributed by atoms with Crippen LogP contribution in [0.5, 0.6) is 11.5 Å². The molecule has 3 rings (SSSR count). The van der Waals surface area contributed by atoms with Crippen LogP contribution >= 0.6 is 12.2 Å². The molecule has 0 bridgehead atoms. The molecule has 0 aliphatic rings. The summed E-state index contributed by atoms with van der Waals surface area (Å²) < 4.78 is 16.6. The van der Waals surface area contributed by atoms with Gasteiger partial charge < -0.3 is 24.3 Å². The Kier molecular flexibility index (Phi) is 7.28. The highest BCUT2D eigenvalue weighted by Gasteiger charge is 2.14. The van der Waals surface area contributed by atoms with E-state index >= 15 is 0 Å². The average Bonchev–Trinajstić information content (AvgIpc) is 3.22. The van der Waals surface area contributed by atoms with Crippen molar-refractivity contribution in [2.24, 2.45) is 0 Å². The van der Waals surface area contributed by atoms with Gasteiger partial charge in [-0.1, -0.05) is 6.07 Å². The highest BCUT2D eigenvalue weighted by Crippen LogP contribution is 2.33. The molecule has 0 radical (unpaired) electrons. The third kappa shape index (κ3) is 5.84. The summed E-state index contributed by atoms with van der Waals surface area (Å²) >= 11 is 5.30. The van der Waals surface area contributed by atoms with E-state index in [-0.39, 0.29) is 23.7 Å². The minimum absolute atomic E-state index is 0.00735. The lowest BCUT2D eigenvalue weighted by atomic mass is 10.1. The van der Waals surface area contributed by atoms with E-state index in [1.807, 2.05) is 13.8 Å². The lowest BCUT2D eigenvalue weighted by Crippen LogP contribution is -2.34. The first-order chi connectivity index (χ1) is 14.9. The van der Waals surface area contributed by atoms with Crippen molar-refractivity contribution < 1.29 is 23.8 Å². The summed E-state index contributed by atoms with van der Waals surface area (Å²) in [4.78, 5) is 12.6. The highest BCUT2D eigenvalue weighted by atomic mass is 32.1. The summed E-state index contributed by atoms with van der Waals surface area (Å²) in [6, 6.07) is 15.7. The van der Waals surface area contributed by atoms with Crippen LogP contribution < -0.4 is 20.1 Å². The van der Waals surface area contributed by atoms with Gasteiger partial charge in [0.05, 0.1) is 18.8 Å². The van der Waals surface area contributed by atoms with E-state index in [4.69, 9.17) is 26.1 Å². The molecule has 1 aromatic heterocycles. The predicted octanol–water partition coefficient (Wildman–Crippen LogP) is 4.36. The van der Waals surface area contributed by atoms with Gasteiger partial charge in [0.25, 0.3) is 5.91 Å². The average molecular weight is 441 g/mol. The van der Waals surface area contributed by atoms with Crippen molar-refractivity contribution in [1.82, 2.24) is 5.32 Å². The molecule has 31 heavy (non-hydrogen) atoms. The van der Waals surface area contributed by atoms with Crippen LogP contribution in [-0.2, 0) is 6.61 Å². The molecule has 0 atom stereocenters. The second-order valence-electron chi connectivity index (χ2n) is 6.94. The Balaban J connectivity index is 1.71. The van der Waals surface area contributed by atoms with E-state index in [0.717, 1.165) is 0 Å². The lowest BCUT2D eigenvalue weighted by Gasteiger charge is -2.13. The summed E-state index contributed by atoms with van der Waals surface area (Å²) in [5.74, 6) is 1.85. The summed E-state index contributed by atoms with van der Waals surface area (Å²) in [5.41, 5.74) is 1.75. The molecule has 0 saturated heterocycles. The van der Waals surface area contributed by atoms with Crippen molar-refractivity contribution in [2.45, 2.75) is 26.6 Å². The van der Waals surface area contributed by atoms with E-state index in [1.165, 1.54) is 0 Å². The topological polar surface area (TPSA) is 93.0 Å². The van der Waals surface area contributed by atoms with Gasteiger partial charge in [-0.25, -0.2) is 0 Å². The van der Waals surface area contributed by atoms with Crippen LogP contribution in [0.25, 0.3) is 11.3 Å². The zero-order valence-electron chi connectivity index (χ0n) is 17.5. The molecule has 0 saturated carbocycles. The second-order valence-corrected chi connectivity index (χ2v) is 7.35. The molecule has 3 aromatic rings. The fourth-order valence-corrected chi connectivity index (χ4v) is 3.12. The fourth-order valence-electron chi connectivity index (χ4n) is 2.91. The van der Waals surface area contributed by atoms with E-state index in [2.05, 4.69) is 10.6 Å². The number of hydrogen-bond acceptors (Lipinski definition) is 6. The first-order valence-electron chi connectivity index (χ1n) is 9.66. The molecule has 8 heteroatoms. The smallest absolute Gasteiger partial charge is 0.257 e. The van der Waals surface area contributed by atoms with E-state index in [9.17, 15) is 9.90 Å². The third-order valence-electron chi connectivity index (χ3n) is 4.24. The highest BCUT2D eigenvalue weighted by molar-refractivity contribution is 7.80. The van der Waals surface area contributed by atoms with Gasteiger partial charge in [0, 0.05) is 11.3 Å². The lowest BCUT2D eigenvalue weighted by molar-refractivity contribution is 0.0977. The Hall–Kier alpha value is -3.36. The molecule has 0 fully saturated rings. The number of benzene rings is 2. The normalized spacial score (nSPS) is 10.6. The molecule has 162 valence electrons. The maximum atomic E-state index is 12.6. The Morgan fingerprint density at radius 3 is 2.65 bits per heavy atom. The minimum atomic E-state index is -0.348. The van der Waals surface area contributed by atoms with Crippen molar-refractivity contribution in [3.05, 3.63) is 65.9 Å². The molecule has 2 aromatic carbocycles. The van der Waals surface area contributed by atoms with Gasteiger partial charge in [-0.05, 0) is 74.6 Å². The molecule has 1 amide bonds. The van der Waals surface area contributed by atoms with E-state index in [0.29, 0.717) is 39.8 Å². The molecule has 3 N–H and O–H groups in total. The summed E-state index contributed by atoms with van der Waals surface area (Å²) in [6.45, 7) is 3.64. The Morgan fingerprint density at radius 1 is 1.16 bits per heavy atom. The number of aliphatic hydroxyl groups is 1. The standard InChI is InChI=1S/C23H24N2O5S/c1-14(2)29-17-6-4-5-15(11-17)22(27)25-23(31)24-16-7-9-20(28-3)19(12-16)21-10-8-18(13-26)30-21/h4-12,14,26H,13H2,1-3H3,(H2,24,25,27,31). The SMILES string of the molecule is COc1ccc(NC(=S)NC(=O)c2cccc(OC(C)C)c2)cc1-c1ccc(CO)o1. The largest absolute Gasteiger partial charge is 0.496 e. The fraction of sp³-hybridized carbons (Fsp3) is 0.217. The number of methoxy groups -OCH3 is 1. The van der Waals surface area contributed by atoms with Crippen molar-refractivity contribution in [2.75, 3.05) is 12.4 Å². The maximum absolute atomic E-state index is 12.6. The molecule has 0 aliphatic carbocycles. The van der Waals surface area contributed by atoms with Crippen LogP contribution in [0.3, 0.4) is 0 Å². The summed E-state index contributed by atoms with van der Waals surface area (Å²) in [6.07, 6.45) is 0.00735. The van der Waals surface area contributed by atoms with Crippen molar-refractivity contribution >= 4 is 28.9 Å². The zero-order valence-corrected chi connectivity index (χ0v) is 18.3. The number of rotatable bonds is 7. The number of aliphatic hydroxyl groups excluding tert-OH is 1. The van der Waals surface area contributed by atoms with Gasteiger partial charge in [-0.2, -0.15) is 0 Å². The monoisotopic (exact) mass is 440 g/mol. The zero-order chi connectivity index (χ0) is 22.4. The first-order valence-corrected chi connectivity index (χ1v) is 10.1. The van der Waals surface area contributed by atoms with Crippen LogP contribution in [0.1, 0.15) is 30.0 Å². The molecule has 0 aliphatic heterocycles. The summed E-state index contributed by atoms with van der Waals surface area (Å²) in [5, 5.41) is 15.0. The van der Waals surface area contributed by atoms with Crippen LogP contribution in [0.15, 0.2) is 59.0 Å². The predicted molar refractivity (Wildman–Crippen MR) is 123 cm³/mol. The third-order valence-corrected chi connectivity index (χ3v) is 4.44. The van der Waals surface area contributed by atoms with Crippen molar-refractivity contribution in [3.8, 4) is 22.8 Å². The maximum Gasteiger partial charge on any atom is 0.257 e. The quantitative estimate of drug-likeness (QED) is 0.470. The van der Waals surface area contributed by atoms with Crippen LogP contribution in [0, 0.1) is 0 Å².